The molecule has 1 unspecified atom stereocenters. The largest absolute Gasteiger partial charge is 0.481 e. The van der Waals surface area contributed by atoms with Gasteiger partial charge >= 0.3 is 5.97 Å². The van der Waals surface area contributed by atoms with Gasteiger partial charge in [0.15, 0.2) is 0 Å². The van der Waals surface area contributed by atoms with E-state index in [0.29, 0.717) is 11.8 Å². The lowest BCUT2D eigenvalue weighted by Gasteiger charge is -2.08. The van der Waals surface area contributed by atoms with Crippen LogP contribution in [0.25, 0.3) is 0 Å². The van der Waals surface area contributed by atoms with Gasteiger partial charge in [0.25, 0.3) is 0 Å². The summed E-state index contributed by atoms with van der Waals surface area (Å²) in [6, 6.07) is 0. The van der Waals surface area contributed by atoms with Crippen LogP contribution < -0.4 is 5.32 Å². The van der Waals surface area contributed by atoms with Crippen molar-refractivity contribution < 1.29 is 9.90 Å². The standard InChI is InChI=1S/C7H11NO2.ClH/c1-7(6(9)10)4-2-8-3-5(4)7;/h4-5,8H,2-3H2,1H3,(H,9,10);1H/t4-,5+,7?;. The summed E-state index contributed by atoms with van der Waals surface area (Å²) in [5, 5.41) is 12.0. The smallest absolute Gasteiger partial charge is 0.310 e. The number of rotatable bonds is 1. The molecule has 0 aromatic carbocycles. The first kappa shape index (κ1) is 8.81. The summed E-state index contributed by atoms with van der Waals surface area (Å²) in [4.78, 5) is 10.7. The molecule has 3 atom stereocenters. The van der Waals surface area contributed by atoms with Crippen molar-refractivity contribution in [1.82, 2.24) is 5.32 Å². The lowest BCUT2D eigenvalue weighted by atomic mass is 10.0. The van der Waals surface area contributed by atoms with Crippen LogP contribution in [0.4, 0.5) is 0 Å². The van der Waals surface area contributed by atoms with Gasteiger partial charge in [-0.2, -0.15) is 0 Å². The van der Waals surface area contributed by atoms with E-state index in [1.807, 2.05) is 6.92 Å². The molecule has 0 aromatic rings. The third-order valence-corrected chi connectivity index (χ3v) is 3.11. The Kier molecular flexibility index (Phi) is 1.89. The zero-order valence-electron chi connectivity index (χ0n) is 6.33. The van der Waals surface area contributed by atoms with Crippen LogP contribution in [0.15, 0.2) is 0 Å². The Balaban J connectivity index is 0.000000605. The molecule has 0 bridgehead atoms. The summed E-state index contributed by atoms with van der Waals surface area (Å²) < 4.78 is 0. The summed E-state index contributed by atoms with van der Waals surface area (Å²) in [6.45, 7) is 3.65. The fourth-order valence-electron chi connectivity index (χ4n) is 2.12. The van der Waals surface area contributed by atoms with Crippen molar-refractivity contribution in [3.63, 3.8) is 0 Å². The van der Waals surface area contributed by atoms with Gasteiger partial charge in [0.05, 0.1) is 5.41 Å². The molecule has 11 heavy (non-hydrogen) atoms. The maximum Gasteiger partial charge on any atom is 0.310 e. The fourth-order valence-corrected chi connectivity index (χ4v) is 2.12. The zero-order chi connectivity index (χ0) is 7.35. The third kappa shape index (κ3) is 0.876. The molecule has 0 amide bonds. The molecular weight excluding hydrogens is 166 g/mol. The Labute approximate surface area is 71.6 Å². The summed E-state index contributed by atoms with van der Waals surface area (Å²) in [6.07, 6.45) is 0. The predicted molar refractivity (Wildman–Crippen MR) is 42.8 cm³/mol. The van der Waals surface area contributed by atoms with Gasteiger partial charge in [0, 0.05) is 0 Å². The molecule has 2 N–H and O–H groups in total. The van der Waals surface area contributed by atoms with Crippen molar-refractivity contribution >= 4 is 18.4 Å². The molecule has 3 nitrogen and oxygen atoms in total. The van der Waals surface area contributed by atoms with Crippen LogP contribution in [0, 0.1) is 17.3 Å². The minimum absolute atomic E-state index is 0. The minimum atomic E-state index is -0.621. The first-order chi connectivity index (χ1) is 4.67. The van der Waals surface area contributed by atoms with E-state index >= 15 is 0 Å². The van der Waals surface area contributed by atoms with Crippen molar-refractivity contribution in [3.05, 3.63) is 0 Å². The Morgan fingerprint density at radius 1 is 1.55 bits per heavy atom. The van der Waals surface area contributed by atoms with Crippen molar-refractivity contribution in [2.24, 2.45) is 17.3 Å². The number of nitrogens with one attached hydrogen (secondary N) is 1. The van der Waals surface area contributed by atoms with E-state index in [9.17, 15) is 4.79 Å². The number of hydrogen-bond donors (Lipinski definition) is 2. The molecule has 0 aromatic heterocycles. The van der Waals surface area contributed by atoms with Gasteiger partial charge in [-0.1, -0.05) is 0 Å². The number of carboxylic acid groups (broad SMARTS) is 1. The molecule has 2 fully saturated rings. The molecule has 2 aliphatic rings. The monoisotopic (exact) mass is 177 g/mol. The summed E-state index contributed by atoms with van der Waals surface area (Å²) >= 11 is 0. The van der Waals surface area contributed by atoms with Crippen LogP contribution in [-0.4, -0.2) is 24.2 Å². The minimum Gasteiger partial charge on any atom is -0.481 e. The van der Waals surface area contributed by atoms with E-state index in [1.54, 1.807) is 0 Å². The molecule has 2 rings (SSSR count). The average Bonchev–Trinajstić information content (AvgIpc) is 2.28. The highest BCUT2D eigenvalue weighted by atomic mass is 35.5. The number of carboxylic acids is 1. The quantitative estimate of drug-likeness (QED) is 0.608. The van der Waals surface area contributed by atoms with E-state index in [0.717, 1.165) is 13.1 Å². The molecule has 4 heteroatoms. The summed E-state index contributed by atoms with van der Waals surface area (Å²) in [7, 11) is 0. The van der Waals surface area contributed by atoms with E-state index in [4.69, 9.17) is 5.11 Å². The van der Waals surface area contributed by atoms with E-state index in [2.05, 4.69) is 5.32 Å². The highest BCUT2D eigenvalue weighted by molar-refractivity contribution is 5.85. The molecule has 1 heterocycles. The summed E-state index contributed by atoms with van der Waals surface area (Å²) in [5.74, 6) is 0.194. The van der Waals surface area contributed by atoms with Crippen LogP contribution >= 0.6 is 12.4 Å². The Hall–Kier alpha value is -0.280. The Morgan fingerprint density at radius 3 is 2.27 bits per heavy atom. The molecule has 64 valence electrons. The molecule has 0 radical (unpaired) electrons. The van der Waals surface area contributed by atoms with Gasteiger partial charge in [-0.3, -0.25) is 4.79 Å². The number of aliphatic carboxylic acids is 1. The van der Waals surface area contributed by atoms with E-state index < -0.39 is 5.97 Å². The normalized spacial score (nSPS) is 45.9. The van der Waals surface area contributed by atoms with Gasteiger partial charge in [-0.15, -0.1) is 12.4 Å². The Bertz CT molecular complexity index is 185. The molecule has 1 aliphatic carbocycles. The fraction of sp³-hybridized carbons (Fsp3) is 0.857. The number of carbonyl (C=O) groups is 1. The lowest BCUT2D eigenvalue weighted by molar-refractivity contribution is -0.143. The van der Waals surface area contributed by atoms with E-state index in [-0.39, 0.29) is 17.8 Å². The molecule has 0 spiro atoms. The predicted octanol–water partition coefficient (Wildman–Crippen LogP) is 0.348. The van der Waals surface area contributed by atoms with Crippen LogP contribution in [0.3, 0.4) is 0 Å². The molecular formula is C7H12ClNO2. The van der Waals surface area contributed by atoms with E-state index in [1.165, 1.54) is 0 Å². The lowest BCUT2D eigenvalue weighted by Crippen LogP contribution is -2.26. The maximum absolute atomic E-state index is 10.7. The first-order valence-corrected chi connectivity index (χ1v) is 3.61. The van der Waals surface area contributed by atoms with Crippen molar-refractivity contribution in [2.75, 3.05) is 13.1 Å². The van der Waals surface area contributed by atoms with Crippen molar-refractivity contribution in [1.29, 1.82) is 0 Å². The SMILES string of the molecule is CC1(C(=O)O)[C@@H]2CNC[C@@H]21.Cl. The second-order valence-corrected chi connectivity index (χ2v) is 3.46. The van der Waals surface area contributed by atoms with Crippen LogP contribution in [0.5, 0.6) is 0 Å². The van der Waals surface area contributed by atoms with Gasteiger partial charge in [-0.05, 0) is 31.8 Å². The average molecular weight is 178 g/mol. The number of hydrogen-bond acceptors (Lipinski definition) is 2. The highest BCUT2D eigenvalue weighted by Crippen LogP contribution is 2.60. The second-order valence-electron chi connectivity index (χ2n) is 3.46. The number of fused-ring (bicyclic) bond motifs is 1. The third-order valence-electron chi connectivity index (χ3n) is 3.11. The van der Waals surface area contributed by atoms with Gasteiger partial charge in [0.2, 0.25) is 0 Å². The van der Waals surface area contributed by atoms with Gasteiger partial charge < -0.3 is 10.4 Å². The number of halogens is 1. The molecule has 1 aliphatic heterocycles. The number of piperidine rings is 1. The van der Waals surface area contributed by atoms with Gasteiger partial charge in [0.1, 0.15) is 0 Å². The second kappa shape index (κ2) is 2.35. The maximum atomic E-state index is 10.7. The van der Waals surface area contributed by atoms with Crippen LogP contribution in [0.1, 0.15) is 6.92 Å². The topological polar surface area (TPSA) is 49.3 Å². The Morgan fingerprint density at radius 2 is 2.00 bits per heavy atom. The zero-order valence-corrected chi connectivity index (χ0v) is 7.15. The molecule has 1 saturated heterocycles. The summed E-state index contributed by atoms with van der Waals surface area (Å²) in [5.41, 5.74) is -0.384. The van der Waals surface area contributed by atoms with Gasteiger partial charge in [-0.25, -0.2) is 0 Å². The highest BCUT2D eigenvalue weighted by Gasteiger charge is 2.68. The first-order valence-electron chi connectivity index (χ1n) is 3.61. The van der Waals surface area contributed by atoms with Crippen LogP contribution in [-0.2, 0) is 4.79 Å². The van der Waals surface area contributed by atoms with Crippen LogP contribution in [0.2, 0.25) is 0 Å². The van der Waals surface area contributed by atoms with Crippen molar-refractivity contribution in [3.8, 4) is 0 Å². The molecule has 1 saturated carbocycles. The van der Waals surface area contributed by atoms with Crippen molar-refractivity contribution in [2.45, 2.75) is 6.92 Å².